The van der Waals surface area contributed by atoms with Gasteiger partial charge < -0.3 is 10.2 Å². The van der Waals surface area contributed by atoms with Crippen LogP contribution in [0.15, 0.2) is 12.2 Å². The number of nitrogens with one attached hydrogen (secondary N) is 1. The van der Waals surface area contributed by atoms with E-state index in [1.807, 2.05) is 13.8 Å². The average Bonchev–Trinajstić information content (AvgIpc) is 2.30. The van der Waals surface area contributed by atoms with Crippen LogP contribution in [0.4, 0.5) is 0 Å². The van der Waals surface area contributed by atoms with Gasteiger partial charge in [-0.15, -0.1) is 0 Å². The average molecular weight is 253 g/mol. The number of hydrogen-bond donors (Lipinski definition) is 1. The van der Waals surface area contributed by atoms with E-state index in [-0.39, 0.29) is 17.9 Å². The van der Waals surface area contributed by atoms with Gasteiger partial charge in [0.25, 0.3) is 0 Å². The Morgan fingerprint density at radius 3 is 2.72 bits per heavy atom. The number of amides is 2. The number of rotatable bonds is 5. The monoisotopic (exact) mass is 253 g/mol. The van der Waals surface area contributed by atoms with Gasteiger partial charge in [0, 0.05) is 31.8 Å². The summed E-state index contributed by atoms with van der Waals surface area (Å²) in [6.07, 6.45) is 3.25. The van der Waals surface area contributed by atoms with Crippen molar-refractivity contribution in [1.82, 2.24) is 15.1 Å². The lowest BCUT2D eigenvalue weighted by Crippen LogP contribution is -2.50. The Kier molecular flexibility index (Phi) is 5.85. The number of hydrogen-bond acceptors (Lipinski definition) is 3. The zero-order chi connectivity index (χ0) is 13.5. The number of carbonyl (C=O) groups excluding carboxylic acids is 2. The number of likely N-dealkylation sites (N-methyl/N-ethyl adjacent to an activating group) is 1. The largest absolute Gasteiger partial charge is 0.350 e. The third-order valence-corrected chi connectivity index (χ3v) is 2.87. The molecular formula is C13H23N3O2. The van der Waals surface area contributed by atoms with E-state index >= 15 is 0 Å². The summed E-state index contributed by atoms with van der Waals surface area (Å²) in [6.45, 7) is 9.45. The Hall–Kier alpha value is -1.36. The third kappa shape index (κ3) is 4.87. The van der Waals surface area contributed by atoms with Crippen molar-refractivity contribution >= 4 is 11.8 Å². The summed E-state index contributed by atoms with van der Waals surface area (Å²) < 4.78 is 0. The van der Waals surface area contributed by atoms with Crippen molar-refractivity contribution in [3.8, 4) is 0 Å². The minimum atomic E-state index is -0.107. The molecular weight excluding hydrogens is 230 g/mol. The molecule has 2 amide bonds. The van der Waals surface area contributed by atoms with Gasteiger partial charge in [-0.3, -0.25) is 14.5 Å². The number of carbonyl (C=O) groups is 2. The standard InChI is InChI=1S/C13H23N3O2/c1-4-15-8-9-16(13(18)10-15)7-5-6-12(17)14-11(2)3/h5-6,11H,4,7-10H2,1-3H3,(H,14,17)/b6-5+. The van der Waals surface area contributed by atoms with Gasteiger partial charge in [-0.05, 0) is 20.4 Å². The molecule has 1 N–H and O–H groups in total. The molecule has 0 aromatic rings. The summed E-state index contributed by atoms with van der Waals surface area (Å²) in [5.41, 5.74) is 0. The van der Waals surface area contributed by atoms with Crippen LogP contribution in [0.2, 0.25) is 0 Å². The van der Waals surface area contributed by atoms with Crippen molar-refractivity contribution in [2.75, 3.05) is 32.7 Å². The Morgan fingerprint density at radius 2 is 2.17 bits per heavy atom. The van der Waals surface area contributed by atoms with Gasteiger partial charge in [0.1, 0.15) is 0 Å². The first kappa shape index (κ1) is 14.7. The highest BCUT2D eigenvalue weighted by Crippen LogP contribution is 2.02. The maximum Gasteiger partial charge on any atom is 0.243 e. The molecule has 1 aliphatic heterocycles. The molecule has 0 atom stereocenters. The smallest absolute Gasteiger partial charge is 0.243 e. The molecule has 0 saturated carbocycles. The number of piperazine rings is 1. The van der Waals surface area contributed by atoms with Crippen LogP contribution in [0, 0.1) is 0 Å². The second-order valence-corrected chi connectivity index (χ2v) is 4.77. The maximum atomic E-state index is 11.8. The van der Waals surface area contributed by atoms with Crippen molar-refractivity contribution in [2.24, 2.45) is 0 Å². The van der Waals surface area contributed by atoms with E-state index in [0.29, 0.717) is 13.1 Å². The summed E-state index contributed by atoms with van der Waals surface area (Å²) in [7, 11) is 0. The fourth-order valence-corrected chi connectivity index (χ4v) is 1.84. The lowest BCUT2D eigenvalue weighted by atomic mass is 10.3. The lowest BCUT2D eigenvalue weighted by Gasteiger charge is -2.32. The van der Waals surface area contributed by atoms with Gasteiger partial charge in [-0.25, -0.2) is 0 Å². The van der Waals surface area contributed by atoms with Crippen LogP contribution in [0.5, 0.6) is 0 Å². The second-order valence-electron chi connectivity index (χ2n) is 4.77. The van der Waals surface area contributed by atoms with E-state index in [9.17, 15) is 9.59 Å². The van der Waals surface area contributed by atoms with Gasteiger partial charge in [0.2, 0.25) is 11.8 Å². The van der Waals surface area contributed by atoms with Crippen molar-refractivity contribution in [2.45, 2.75) is 26.8 Å². The molecule has 1 rings (SSSR count). The zero-order valence-electron chi connectivity index (χ0n) is 11.5. The molecule has 0 unspecified atom stereocenters. The van der Waals surface area contributed by atoms with Crippen LogP contribution in [-0.4, -0.2) is 60.4 Å². The van der Waals surface area contributed by atoms with Crippen molar-refractivity contribution < 1.29 is 9.59 Å². The summed E-state index contributed by atoms with van der Waals surface area (Å²) in [4.78, 5) is 27.0. The number of nitrogens with zero attached hydrogens (tertiary/aromatic N) is 2. The Labute approximate surface area is 109 Å². The molecule has 1 aliphatic rings. The second kappa shape index (κ2) is 7.16. The summed E-state index contributed by atoms with van der Waals surface area (Å²) in [5.74, 6) is 0.0293. The van der Waals surface area contributed by atoms with E-state index in [2.05, 4.69) is 17.1 Å². The Morgan fingerprint density at radius 1 is 1.44 bits per heavy atom. The quantitative estimate of drug-likeness (QED) is 0.714. The molecule has 0 bridgehead atoms. The van der Waals surface area contributed by atoms with Crippen LogP contribution in [0.1, 0.15) is 20.8 Å². The van der Waals surface area contributed by atoms with Crippen molar-refractivity contribution in [3.63, 3.8) is 0 Å². The van der Waals surface area contributed by atoms with E-state index in [1.54, 1.807) is 11.0 Å². The Balaban J connectivity index is 2.33. The molecule has 0 aromatic carbocycles. The molecule has 0 aromatic heterocycles. The van der Waals surface area contributed by atoms with E-state index in [0.717, 1.165) is 19.6 Å². The molecule has 0 aliphatic carbocycles. The zero-order valence-corrected chi connectivity index (χ0v) is 11.5. The van der Waals surface area contributed by atoms with Gasteiger partial charge in [0.05, 0.1) is 6.54 Å². The van der Waals surface area contributed by atoms with Gasteiger partial charge in [-0.2, -0.15) is 0 Å². The van der Waals surface area contributed by atoms with Crippen molar-refractivity contribution in [3.05, 3.63) is 12.2 Å². The van der Waals surface area contributed by atoms with E-state index in [1.165, 1.54) is 6.08 Å². The first-order valence-corrected chi connectivity index (χ1v) is 6.50. The predicted octanol–water partition coefficient (Wildman–Crippen LogP) is 0.231. The van der Waals surface area contributed by atoms with Crippen LogP contribution >= 0.6 is 0 Å². The maximum absolute atomic E-state index is 11.8. The van der Waals surface area contributed by atoms with Crippen molar-refractivity contribution in [1.29, 1.82) is 0 Å². The molecule has 1 heterocycles. The summed E-state index contributed by atoms with van der Waals surface area (Å²) in [6, 6.07) is 0.136. The Bertz CT molecular complexity index is 326. The predicted molar refractivity (Wildman–Crippen MR) is 71.1 cm³/mol. The van der Waals surface area contributed by atoms with Crippen LogP contribution in [-0.2, 0) is 9.59 Å². The highest BCUT2D eigenvalue weighted by atomic mass is 16.2. The molecule has 5 nitrogen and oxygen atoms in total. The van der Waals surface area contributed by atoms with Gasteiger partial charge in [-0.1, -0.05) is 13.0 Å². The normalized spacial score (nSPS) is 17.8. The lowest BCUT2D eigenvalue weighted by molar-refractivity contribution is -0.135. The SMILES string of the molecule is CCN1CCN(C/C=C/C(=O)NC(C)C)C(=O)C1. The molecule has 0 radical (unpaired) electrons. The summed E-state index contributed by atoms with van der Waals surface area (Å²) >= 11 is 0. The molecule has 18 heavy (non-hydrogen) atoms. The molecule has 1 fully saturated rings. The first-order valence-electron chi connectivity index (χ1n) is 6.50. The minimum absolute atomic E-state index is 0.107. The minimum Gasteiger partial charge on any atom is -0.350 e. The highest BCUT2D eigenvalue weighted by molar-refractivity contribution is 5.87. The fraction of sp³-hybridized carbons (Fsp3) is 0.692. The van der Waals surface area contributed by atoms with E-state index in [4.69, 9.17) is 0 Å². The molecule has 1 saturated heterocycles. The van der Waals surface area contributed by atoms with Crippen LogP contribution in [0.3, 0.4) is 0 Å². The van der Waals surface area contributed by atoms with Crippen LogP contribution in [0.25, 0.3) is 0 Å². The third-order valence-electron chi connectivity index (χ3n) is 2.87. The molecule has 102 valence electrons. The first-order chi connectivity index (χ1) is 8.52. The molecule has 5 heteroatoms. The highest BCUT2D eigenvalue weighted by Gasteiger charge is 2.21. The van der Waals surface area contributed by atoms with Gasteiger partial charge in [0.15, 0.2) is 0 Å². The van der Waals surface area contributed by atoms with Gasteiger partial charge >= 0.3 is 0 Å². The fourth-order valence-electron chi connectivity index (χ4n) is 1.84. The van der Waals surface area contributed by atoms with Crippen LogP contribution < -0.4 is 5.32 Å². The van der Waals surface area contributed by atoms with E-state index < -0.39 is 0 Å². The topological polar surface area (TPSA) is 52.6 Å². The molecule has 0 spiro atoms. The summed E-state index contributed by atoms with van der Waals surface area (Å²) in [5, 5.41) is 2.77.